The van der Waals surface area contributed by atoms with Crippen LogP contribution < -0.4 is 24.4 Å². The molecule has 1 saturated heterocycles. The third-order valence-corrected chi connectivity index (χ3v) is 8.40. The van der Waals surface area contributed by atoms with Crippen LogP contribution in [0.1, 0.15) is 39.0 Å². The Bertz CT molecular complexity index is 1850. The van der Waals surface area contributed by atoms with Crippen molar-refractivity contribution in [2.24, 2.45) is 5.92 Å². The molecular weight excluding hydrogens is 616 g/mol. The lowest BCUT2D eigenvalue weighted by molar-refractivity contribution is 0.0962. The topological polar surface area (TPSA) is 130 Å². The number of benzene rings is 4. The Labute approximate surface area is 275 Å². The largest absolute Gasteiger partial charge is 0.493 e. The maximum absolute atomic E-state index is 12.5. The number of sulfonamides is 1. The molecule has 0 aromatic heterocycles. The molecule has 1 heterocycles. The molecular formula is C36H38N4O6S. The number of rotatable bonds is 13. The predicted molar refractivity (Wildman–Crippen MR) is 181 cm³/mol. The van der Waals surface area contributed by atoms with Crippen molar-refractivity contribution in [3.8, 4) is 23.3 Å². The predicted octanol–water partition coefficient (Wildman–Crippen LogP) is 6.01. The summed E-state index contributed by atoms with van der Waals surface area (Å²) in [6.07, 6.45) is 2.07. The SMILES string of the molecule is CNC(=O)c1cc(OCC2CCOC2)cc(Oc2ccc(CN(Cc3ccc(C#N)cc3)c3cccc(NS(C)(=O)=O)c3C)cc2)c1. The highest BCUT2D eigenvalue weighted by Crippen LogP contribution is 2.32. The average Bonchev–Trinajstić information content (AvgIpc) is 3.58. The van der Waals surface area contributed by atoms with Gasteiger partial charge in [-0.2, -0.15) is 5.26 Å². The van der Waals surface area contributed by atoms with Crippen molar-refractivity contribution in [1.29, 1.82) is 5.26 Å². The van der Waals surface area contributed by atoms with Gasteiger partial charge in [-0.05, 0) is 78.6 Å². The molecule has 0 bridgehead atoms. The van der Waals surface area contributed by atoms with Crippen LogP contribution in [-0.2, 0) is 27.8 Å². The van der Waals surface area contributed by atoms with Gasteiger partial charge < -0.3 is 24.4 Å². The number of anilines is 2. The molecule has 1 fully saturated rings. The van der Waals surface area contributed by atoms with Crippen LogP contribution in [0, 0.1) is 24.2 Å². The summed E-state index contributed by atoms with van der Waals surface area (Å²) < 4.78 is 44.3. The molecule has 0 spiro atoms. The monoisotopic (exact) mass is 654 g/mol. The van der Waals surface area contributed by atoms with Crippen LogP contribution in [0.15, 0.2) is 84.9 Å². The van der Waals surface area contributed by atoms with Crippen molar-refractivity contribution in [3.05, 3.63) is 113 Å². The first-order valence-corrected chi connectivity index (χ1v) is 17.1. The maximum atomic E-state index is 12.5. The summed E-state index contributed by atoms with van der Waals surface area (Å²) >= 11 is 0. The van der Waals surface area contributed by atoms with Crippen LogP contribution >= 0.6 is 0 Å². The fraction of sp³-hybridized carbons (Fsp3) is 0.278. The van der Waals surface area contributed by atoms with Crippen LogP contribution in [0.5, 0.6) is 17.2 Å². The molecule has 4 aromatic rings. The molecule has 0 aliphatic carbocycles. The van der Waals surface area contributed by atoms with E-state index in [2.05, 4.69) is 21.0 Å². The zero-order valence-electron chi connectivity index (χ0n) is 26.7. The molecule has 244 valence electrons. The summed E-state index contributed by atoms with van der Waals surface area (Å²) in [7, 11) is -1.89. The Morgan fingerprint density at radius 1 is 0.979 bits per heavy atom. The Kier molecular flexibility index (Phi) is 10.7. The molecule has 1 atom stereocenters. The molecule has 1 aliphatic heterocycles. The molecule has 1 unspecified atom stereocenters. The minimum atomic E-state index is -3.47. The van der Waals surface area contributed by atoms with E-state index in [1.165, 1.54) is 0 Å². The second-order valence-electron chi connectivity index (χ2n) is 11.5. The molecule has 1 aliphatic rings. The van der Waals surface area contributed by atoms with E-state index in [9.17, 15) is 18.5 Å². The van der Waals surface area contributed by atoms with Gasteiger partial charge in [0.05, 0.1) is 36.8 Å². The van der Waals surface area contributed by atoms with Gasteiger partial charge in [0.2, 0.25) is 10.0 Å². The molecule has 47 heavy (non-hydrogen) atoms. The fourth-order valence-electron chi connectivity index (χ4n) is 5.35. The van der Waals surface area contributed by atoms with E-state index in [0.717, 1.165) is 41.7 Å². The second kappa shape index (κ2) is 15.0. The molecule has 0 radical (unpaired) electrons. The quantitative estimate of drug-likeness (QED) is 0.179. The first kappa shape index (κ1) is 33.3. The number of nitriles is 1. The smallest absolute Gasteiger partial charge is 0.251 e. The number of nitrogens with zero attached hydrogens (tertiary/aromatic N) is 2. The van der Waals surface area contributed by atoms with Crippen molar-refractivity contribution in [3.63, 3.8) is 0 Å². The van der Waals surface area contributed by atoms with E-state index in [0.29, 0.717) is 66.3 Å². The number of hydrogen-bond donors (Lipinski definition) is 2. The van der Waals surface area contributed by atoms with E-state index >= 15 is 0 Å². The third kappa shape index (κ3) is 9.25. The van der Waals surface area contributed by atoms with Gasteiger partial charge in [0.1, 0.15) is 17.2 Å². The van der Waals surface area contributed by atoms with E-state index in [-0.39, 0.29) is 5.91 Å². The Hall–Kier alpha value is -5.05. The molecule has 2 N–H and O–H groups in total. The number of carbonyl (C=O) groups excluding carboxylic acids is 1. The summed E-state index contributed by atoms with van der Waals surface area (Å²) in [5.74, 6) is 1.69. The summed E-state index contributed by atoms with van der Waals surface area (Å²) in [4.78, 5) is 14.6. The van der Waals surface area contributed by atoms with Crippen LogP contribution in [-0.4, -0.2) is 47.4 Å². The van der Waals surface area contributed by atoms with E-state index in [1.807, 2.05) is 55.5 Å². The summed E-state index contributed by atoms with van der Waals surface area (Å²) in [6, 6.07) is 27.9. The third-order valence-electron chi connectivity index (χ3n) is 7.81. The van der Waals surface area contributed by atoms with Gasteiger partial charge in [-0.1, -0.05) is 30.3 Å². The number of nitrogens with one attached hydrogen (secondary N) is 2. The van der Waals surface area contributed by atoms with Crippen molar-refractivity contribution in [2.75, 3.05) is 42.7 Å². The summed E-state index contributed by atoms with van der Waals surface area (Å²) in [5, 5.41) is 11.9. The summed E-state index contributed by atoms with van der Waals surface area (Å²) in [6.45, 7) is 4.82. The zero-order valence-corrected chi connectivity index (χ0v) is 27.5. The highest BCUT2D eigenvalue weighted by Gasteiger charge is 2.18. The number of hydrogen-bond acceptors (Lipinski definition) is 8. The van der Waals surface area contributed by atoms with Gasteiger partial charge in [-0.15, -0.1) is 0 Å². The lowest BCUT2D eigenvalue weighted by Gasteiger charge is -2.28. The number of amides is 1. The Balaban J connectivity index is 1.37. The van der Waals surface area contributed by atoms with Crippen molar-refractivity contribution in [2.45, 2.75) is 26.4 Å². The van der Waals surface area contributed by atoms with E-state index < -0.39 is 10.0 Å². The standard InChI is InChI=1S/C36H38N4O6S/c1-25-34(39-47(3,42)43)5-4-6-35(25)40(21-27-9-7-26(20-37)8-10-27)22-28-11-13-31(14-12-28)46-33-18-30(36(41)38-2)17-32(19-33)45-24-29-15-16-44-23-29/h4-14,17-19,29,39H,15-16,21-24H2,1-3H3,(H,38,41). The Morgan fingerprint density at radius 2 is 1.66 bits per heavy atom. The van der Waals surface area contributed by atoms with Crippen LogP contribution in [0.4, 0.5) is 11.4 Å². The van der Waals surface area contributed by atoms with Crippen molar-refractivity contribution < 1.29 is 27.4 Å². The van der Waals surface area contributed by atoms with Gasteiger partial charge in [-0.25, -0.2) is 8.42 Å². The first-order chi connectivity index (χ1) is 22.6. The minimum absolute atomic E-state index is 0.242. The Morgan fingerprint density at radius 3 is 2.28 bits per heavy atom. The van der Waals surface area contributed by atoms with Gasteiger partial charge >= 0.3 is 0 Å². The first-order valence-electron chi connectivity index (χ1n) is 15.3. The molecule has 11 heteroatoms. The molecule has 4 aromatic carbocycles. The second-order valence-corrected chi connectivity index (χ2v) is 13.3. The molecule has 1 amide bonds. The molecule has 10 nitrogen and oxygen atoms in total. The van der Waals surface area contributed by atoms with Crippen LogP contribution in [0.3, 0.4) is 0 Å². The number of ether oxygens (including phenoxy) is 3. The lowest BCUT2D eigenvalue weighted by Crippen LogP contribution is -2.23. The van der Waals surface area contributed by atoms with Crippen LogP contribution in [0.2, 0.25) is 0 Å². The highest BCUT2D eigenvalue weighted by atomic mass is 32.2. The number of carbonyl (C=O) groups is 1. The maximum Gasteiger partial charge on any atom is 0.251 e. The highest BCUT2D eigenvalue weighted by molar-refractivity contribution is 7.92. The van der Waals surface area contributed by atoms with Crippen molar-refractivity contribution >= 4 is 27.3 Å². The van der Waals surface area contributed by atoms with Gasteiger partial charge in [0, 0.05) is 50.0 Å². The zero-order chi connectivity index (χ0) is 33.4. The van der Waals surface area contributed by atoms with E-state index in [1.54, 1.807) is 43.4 Å². The fourth-order valence-corrected chi connectivity index (χ4v) is 5.97. The van der Waals surface area contributed by atoms with Gasteiger partial charge in [0.25, 0.3) is 5.91 Å². The lowest BCUT2D eigenvalue weighted by atomic mass is 10.1. The molecule has 0 saturated carbocycles. The average molecular weight is 655 g/mol. The minimum Gasteiger partial charge on any atom is -0.493 e. The van der Waals surface area contributed by atoms with Gasteiger partial charge in [0.15, 0.2) is 0 Å². The van der Waals surface area contributed by atoms with Gasteiger partial charge in [-0.3, -0.25) is 9.52 Å². The normalized spacial score (nSPS) is 14.2. The summed E-state index contributed by atoms with van der Waals surface area (Å²) in [5.41, 5.74) is 5.17. The van der Waals surface area contributed by atoms with Crippen LogP contribution in [0.25, 0.3) is 0 Å². The van der Waals surface area contributed by atoms with Crippen molar-refractivity contribution in [1.82, 2.24) is 5.32 Å². The molecule has 5 rings (SSSR count). The van der Waals surface area contributed by atoms with E-state index in [4.69, 9.17) is 14.2 Å².